The lowest BCUT2D eigenvalue weighted by molar-refractivity contribution is 1.01. The van der Waals surface area contributed by atoms with Crippen LogP contribution >= 0.6 is 0 Å². The van der Waals surface area contributed by atoms with Gasteiger partial charge in [-0.05, 0) is 107 Å². The van der Waals surface area contributed by atoms with E-state index in [0.717, 1.165) is 171 Å². The molecule has 0 spiro atoms. The van der Waals surface area contributed by atoms with Gasteiger partial charge in [0.15, 0.2) is 23.3 Å². The molecule has 9 heteroatoms. The molecule has 0 saturated heterocycles. The summed E-state index contributed by atoms with van der Waals surface area (Å²) in [5, 5.41) is 8.92. The molecule has 0 aliphatic heterocycles. The van der Waals surface area contributed by atoms with E-state index >= 15 is 0 Å². The van der Waals surface area contributed by atoms with Crippen molar-refractivity contribution in [3.63, 3.8) is 0 Å². The van der Waals surface area contributed by atoms with E-state index in [2.05, 4.69) is 331 Å². The van der Waals surface area contributed by atoms with E-state index in [0.29, 0.717) is 29.0 Å². The minimum absolute atomic E-state index is 0.446. The van der Waals surface area contributed by atoms with Crippen LogP contribution in [0.3, 0.4) is 0 Å². The van der Waals surface area contributed by atoms with E-state index in [1.54, 1.807) is 0 Å². The number of aromatic nitrogens is 9. The lowest BCUT2D eigenvalue weighted by Gasteiger charge is -2.31. The summed E-state index contributed by atoms with van der Waals surface area (Å²) in [7, 11) is 0. The largest absolute Gasteiger partial charge is 0.306 e. The molecule has 462 valence electrons. The Labute approximate surface area is 565 Å². The van der Waals surface area contributed by atoms with E-state index in [1.807, 2.05) is 12.1 Å². The van der Waals surface area contributed by atoms with Crippen molar-refractivity contribution in [1.29, 1.82) is 0 Å². The molecule has 0 fully saturated rings. The summed E-state index contributed by atoms with van der Waals surface area (Å²) in [5.41, 5.74) is 22.6. The summed E-state index contributed by atoms with van der Waals surface area (Å²) >= 11 is 0. The van der Waals surface area contributed by atoms with Crippen molar-refractivity contribution in [3.05, 3.63) is 320 Å². The molecule has 0 aliphatic carbocycles. The summed E-state index contributed by atoms with van der Waals surface area (Å²) in [4.78, 5) is 29.2. The fourth-order valence-corrected chi connectivity index (χ4v) is 15.3. The third-order valence-electron chi connectivity index (χ3n) is 19.6. The van der Waals surface area contributed by atoms with Crippen molar-refractivity contribution in [2.24, 2.45) is 0 Å². The van der Waals surface area contributed by atoms with Gasteiger partial charge >= 0.3 is 0 Å². The summed E-state index contributed by atoms with van der Waals surface area (Å²) in [6.07, 6.45) is 0. The highest BCUT2D eigenvalue weighted by Crippen LogP contribution is 2.55. The molecule has 0 aliphatic rings. The zero-order valence-electron chi connectivity index (χ0n) is 54.3. The van der Waals surface area contributed by atoms with Crippen LogP contribution in [-0.4, -0.2) is 43.2 Å². The molecular weight excluding hydrogens is 1200 g/mol. The lowest BCUT2D eigenvalue weighted by atomic mass is 9.92. The van der Waals surface area contributed by atoms with E-state index in [1.165, 1.54) is 0 Å². The van der Waals surface area contributed by atoms with Crippen LogP contribution in [0.1, 0.15) is 22.3 Å². The predicted molar refractivity (Wildman–Crippen MR) is 404 cm³/mol. The minimum atomic E-state index is 0.446. The molecule has 0 unspecified atom stereocenters. The normalized spacial score (nSPS) is 11.9. The van der Waals surface area contributed by atoms with Crippen LogP contribution in [0.15, 0.2) is 297 Å². The second-order valence-corrected chi connectivity index (χ2v) is 25.9. The van der Waals surface area contributed by atoms with Gasteiger partial charge in [-0.2, -0.15) is 0 Å². The molecule has 0 amide bonds. The van der Waals surface area contributed by atoms with E-state index in [-0.39, 0.29) is 0 Å². The maximum absolute atomic E-state index is 6.09. The first kappa shape index (κ1) is 56.7. The monoisotopic (exact) mass is 1260 g/mol. The highest BCUT2D eigenvalue weighted by Gasteiger charge is 2.38. The van der Waals surface area contributed by atoms with Crippen molar-refractivity contribution in [3.8, 4) is 90.8 Å². The van der Waals surface area contributed by atoms with Gasteiger partial charge in [0.1, 0.15) is 0 Å². The molecule has 13 aromatic carbocycles. The van der Waals surface area contributed by atoms with Crippen LogP contribution in [0.4, 0.5) is 0 Å². The van der Waals surface area contributed by atoms with Crippen molar-refractivity contribution < 1.29 is 0 Å². The second kappa shape index (κ2) is 22.4. The fraction of sp³-hybridized carbons (Fsp3) is 0.0449. The number of hydrogen-bond donors (Lipinski definition) is 0. The molecule has 9 nitrogen and oxygen atoms in total. The number of para-hydroxylation sites is 4. The first-order valence-electron chi connectivity index (χ1n) is 33.4. The SMILES string of the molecule is Cc1ccc2c(c1)c1ccccc1n2-c1c(-c2cc(-c3ccccc3)nc(-c3ccccc3)n2)c(-c2nc(-c3ccccc3)nc(-c3ccccc3)n2)c(-n2c3ccccc3c3cc(C)ccc32)c(-n2c3ccccc3c3cc(C)ccc32)c1-n1c2ccccc2c2cc(C)ccc21. The van der Waals surface area contributed by atoms with Gasteiger partial charge < -0.3 is 18.3 Å². The third-order valence-corrected chi connectivity index (χ3v) is 19.6. The third kappa shape index (κ3) is 8.90. The van der Waals surface area contributed by atoms with Crippen LogP contribution in [0.2, 0.25) is 0 Å². The van der Waals surface area contributed by atoms with Crippen LogP contribution in [0.25, 0.3) is 178 Å². The van der Waals surface area contributed by atoms with Gasteiger partial charge in [-0.3, -0.25) is 0 Å². The Balaban J connectivity index is 1.20. The van der Waals surface area contributed by atoms with Gasteiger partial charge in [0.2, 0.25) is 0 Å². The van der Waals surface area contributed by atoms with E-state index < -0.39 is 0 Å². The van der Waals surface area contributed by atoms with Crippen LogP contribution in [0, 0.1) is 27.7 Å². The maximum Gasteiger partial charge on any atom is 0.167 e. The predicted octanol–water partition coefficient (Wildman–Crippen LogP) is 22.3. The summed E-state index contributed by atoms with van der Waals surface area (Å²) < 4.78 is 10.2. The quantitative estimate of drug-likeness (QED) is 0.136. The average Bonchev–Trinajstić information content (AvgIpc) is 1.30. The van der Waals surface area contributed by atoms with Crippen molar-refractivity contribution in [2.75, 3.05) is 0 Å². The smallest absolute Gasteiger partial charge is 0.167 e. The Morgan fingerprint density at radius 1 is 0.194 bits per heavy atom. The summed E-state index contributed by atoms with van der Waals surface area (Å²) in [6, 6.07) is 107. The molecule has 98 heavy (non-hydrogen) atoms. The average molecular weight is 1260 g/mol. The van der Waals surface area contributed by atoms with Gasteiger partial charge in [0.05, 0.1) is 83.8 Å². The highest BCUT2D eigenvalue weighted by atomic mass is 15.2. The Bertz CT molecular complexity index is 5950. The van der Waals surface area contributed by atoms with Crippen molar-refractivity contribution >= 4 is 87.2 Å². The minimum Gasteiger partial charge on any atom is -0.306 e. The number of aryl methyl sites for hydroxylation is 4. The first-order chi connectivity index (χ1) is 48.3. The van der Waals surface area contributed by atoms with Gasteiger partial charge in [0.25, 0.3) is 0 Å². The molecule has 0 saturated carbocycles. The number of rotatable bonds is 10. The summed E-state index contributed by atoms with van der Waals surface area (Å²) in [6.45, 7) is 8.78. The standard InChI is InChI=1S/C89H61N9/c1-54-41-45-76-66(49-54)62-33-17-21-37-72(62)95(76)82-80(71-53-70(58-25-9-5-10-26-58)90-86(91-71)59-27-11-6-12-28-59)81(89-93-87(60-29-13-7-14-30-60)92-88(94-89)61-31-15-8-16-32-61)83(96-73-38-22-18-34-63(73)67-50-55(2)42-46-77(67)96)85(98-75-40-24-20-36-65(75)69-52-57(4)44-48-79(69)98)84(82)97-74-39-23-19-35-64(74)68-51-56(3)43-47-78(68)97/h5-53H,1-4H3. The number of fused-ring (bicyclic) bond motifs is 12. The molecule has 0 atom stereocenters. The Kier molecular flexibility index (Phi) is 13.0. The molecular formula is C89H61N9. The molecule has 0 radical (unpaired) electrons. The zero-order chi connectivity index (χ0) is 65.3. The fourth-order valence-electron chi connectivity index (χ4n) is 15.3. The van der Waals surface area contributed by atoms with Crippen molar-refractivity contribution in [1.82, 2.24) is 43.2 Å². The van der Waals surface area contributed by atoms with Gasteiger partial charge in [-0.1, -0.05) is 241 Å². The number of benzene rings is 13. The summed E-state index contributed by atoms with van der Waals surface area (Å²) in [5.74, 6) is 2.05. The Morgan fingerprint density at radius 2 is 0.459 bits per heavy atom. The lowest BCUT2D eigenvalue weighted by Crippen LogP contribution is -2.17. The zero-order valence-corrected chi connectivity index (χ0v) is 54.3. The van der Waals surface area contributed by atoms with Crippen LogP contribution < -0.4 is 0 Å². The van der Waals surface area contributed by atoms with Gasteiger partial charge in [0, 0.05) is 70.9 Å². The maximum atomic E-state index is 6.09. The number of hydrogen-bond acceptors (Lipinski definition) is 5. The van der Waals surface area contributed by atoms with E-state index in [4.69, 9.17) is 24.9 Å². The molecule has 0 N–H and O–H groups in total. The number of nitrogens with zero attached hydrogens (tertiary/aromatic N) is 9. The van der Waals surface area contributed by atoms with Gasteiger partial charge in [-0.15, -0.1) is 0 Å². The molecule has 0 bridgehead atoms. The van der Waals surface area contributed by atoms with Gasteiger partial charge in [-0.25, -0.2) is 24.9 Å². The molecule has 6 heterocycles. The van der Waals surface area contributed by atoms with E-state index in [9.17, 15) is 0 Å². The topological polar surface area (TPSA) is 84.2 Å². The Hall–Kier alpha value is -12.9. The second-order valence-electron chi connectivity index (χ2n) is 25.9. The highest BCUT2D eigenvalue weighted by molar-refractivity contribution is 6.18. The molecule has 19 rings (SSSR count). The van der Waals surface area contributed by atoms with Crippen LogP contribution in [-0.2, 0) is 0 Å². The Morgan fingerprint density at radius 3 is 0.816 bits per heavy atom. The van der Waals surface area contributed by atoms with Crippen molar-refractivity contribution in [2.45, 2.75) is 27.7 Å². The first-order valence-corrected chi connectivity index (χ1v) is 33.4. The molecule has 19 aromatic rings. The molecule has 6 aromatic heterocycles. The van der Waals surface area contributed by atoms with Crippen LogP contribution in [0.5, 0.6) is 0 Å².